The number of aliphatic hydroxyl groups is 1. The van der Waals surface area contributed by atoms with Crippen molar-refractivity contribution >= 4 is 5.82 Å². The minimum absolute atomic E-state index is 0.564. The summed E-state index contributed by atoms with van der Waals surface area (Å²) in [5, 5.41) is 13.7. The van der Waals surface area contributed by atoms with Gasteiger partial charge in [0.1, 0.15) is 5.82 Å². The third-order valence-corrected chi connectivity index (χ3v) is 3.86. The van der Waals surface area contributed by atoms with Crippen LogP contribution in [-0.2, 0) is 0 Å². The minimum Gasteiger partial charge on any atom is -0.388 e. The lowest BCUT2D eigenvalue weighted by Crippen LogP contribution is -2.41. The van der Waals surface area contributed by atoms with E-state index in [9.17, 15) is 5.11 Å². The van der Waals surface area contributed by atoms with Gasteiger partial charge in [-0.2, -0.15) is 0 Å². The molecule has 0 bridgehead atoms. The van der Waals surface area contributed by atoms with Gasteiger partial charge in [-0.1, -0.05) is 19.8 Å². The second-order valence-electron chi connectivity index (χ2n) is 5.71. The summed E-state index contributed by atoms with van der Waals surface area (Å²) in [6.07, 6.45) is 5.82. The molecule has 4 nitrogen and oxygen atoms in total. The van der Waals surface area contributed by atoms with E-state index in [4.69, 9.17) is 0 Å². The maximum atomic E-state index is 10.5. The van der Waals surface area contributed by atoms with Gasteiger partial charge in [0.05, 0.1) is 23.2 Å². The Morgan fingerprint density at radius 3 is 2.89 bits per heavy atom. The molecular weight excluding hydrogens is 226 g/mol. The normalized spacial score (nSPS) is 28.1. The Labute approximate surface area is 109 Å². The van der Waals surface area contributed by atoms with Crippen LogP contribution in [0.4, 0.5) is 5.82 Å². The van der Waals surface area contributed by atoms with Crippen molar-refractivity contribution in [2.45, 2.75) is 52.1 Å². The Morgan fingerprint density at radius 1 is 1.44 bits per heavy atom. The number of hydrogen-bond acceptors (Lipinski definition) is 4. The first-order valence-corrected chi connectivity index (χ1v) is 6.75. The fraction of sp³-hybridized carbons (Fsp3) is 0.714. The number of nitrogens with zero attached hydrogens (tertiary/aromatic N) is 2. The van der Waals surface area contributed by atoms with Crippen molar-refractivity contribution in [2.24, 2.45) is 5.92 Å². The molecule has 18 heavy (non-hydrogen) atoms. The molecule has 1 heterocycles. The van der Waals surface area contributed by atoms with Crippen molar-refractivity contribution in [3.05, 3.63) is 17.6 Å². The van der Waals surface area contributed by atoms with Crippen LogP contribution in [0.15, 0.2) is 6.20 Å². The predicted molar refractivity (Wildman–Crippen MR) is 72.6 cm³/mol. The average molecular weight is 249 g/mol. The highest BCUT2D eigenvalue weighted by molar-refractivity contribution is 5.33. The molecule has 0 amide bonds. The van der Waals surface area contributed by atoms with Crippen molar-refractivity contribution < 1.29 is 5.11 Å². The summed E-state index contributed by atoms with van der Waals surface area (Å²) >= 11 is 0. The second kappa shape index (κ2) is 5.22. The first kappa shape index (κ1) is 13.3. The zero-order valence-electron chi connectivity index (χ0n) is 11.5. The monoisotopic (exact) mass is 249 g/mol. The minimum atomic E-state index is -0.585. The molecule has 4 heteroatoms. The molecule has 2 atom stereocenters. The van der Waals surface area contributed by atoms with Crippen LogP contribution in [0.2, 0.25) is 0 Å². The lowest BCUT2D eigenvalue weighted by atomic mass is 9.79. The van der Waals surface area contributed by atoms with Gasteiger partial charge in [0.2, 0.25) is 0 Å². The molecule has 1 aromatic rings. The van der Waals surface area contributed by atoms with Crippen molar-refractivity contribution in [1.82, 2.24) is 9.97 Å². The third-order valence-electron chi connectivity index (χ3n) is 3.86. The molecule has 1 fully saturated rings. The highest BCUT2D eigenvalue weighted by Gasteiger charge is 2.32. The lowest BCUT2D eigenvalue weighted by Gasteiger charge is -2.35. The standard InChI is InChI=1S/C14H23N3O/c1-10-5-4-6-14(18,7-10)9-16-13-8-15-11(2)12(3)17-13/h8,10,18H,4-7,9H2,1-3H3,(H,16,17). The van der Waals surface area contributed by atoms with Crippen LogP contribution >= 0.6 is 0 Å². The molecule has 1 aliphatic rings. The molecule has 1 aromatic heterocycles. The summed E-state index contributed by atoms with van der Waals surface area (Å²) in [7, 11) is 0. The fourth-order valence-electron chi connectivity index (χ4n) is 2.67. The molecule has 0 saturated heterocycles. The predicted octanol–water partition coefficient (Wildman–Crippen LogP) is 2.45. The molecule has 2 rings (SSSR count). The number of hydrogen-bond donors (Lipinski definition) is 2. The topological polar surface area (TPSA) is 58.0 Å². The van der Waals surface area contributed by atoms with Crippen LogP contribution in [0.3, 0.4) is 0 Å². The van der Waals surface area contributed by atoms with Crippen LogP contribution in [0, 0.1) is 19.8 Å². The Morgan fingerprint density at radius 2 is 2.22 bits per heavy atom. The Kier molecular flexibility index (Phi) is 3.85. The van der Waals surface area contributed by atoms with Crippen molar-refractivity contribution in [1.29, 1.82) is 0 Å². The van der Waals surface area contributed by atoms with Gasteiger partial charge in [-0.15, -0.1) is 0 Å². The van der Waals surface area contributed by atoms with Crippen LogP contribution in [0.5, 0.6) is 0 Å². The first-order chi connectivity index (χ1) is 8.48. The fourth-order valence-corrected chi connectivity index (χ4v) is 2.67. The molecule has 0 spiro atoms. The van der Waals surface area contributed by atoms with E-state index in [1.54, 1.807) is 6.20 Å². The zero-order valence-corrected chi connectivity index (χ0v) is 11.5. The lowest BCUT2D eigenvalue weighted by molar-refractivity contribution is -0.000833. The van der Waals surface area contributed by atoms with Gasteiger partial charge in [-0.25, -0.2) is 4.98 Å². The zero-order chi connectivity index (χ0) is 13.2. The number of anilines is 1. The van der Waals surface area contributed by atoms with E-state index in [2.05, 4.69) is 22.2 Å². The molecule has 0 radical (unpaired) electrons. The van der Waals surface area contributed by atoms with Gasteiger partial charge in [-0.3, -0.25) is 4.98 Å². The van der Waals surface area contributed by atoms with Gasteiger partial charge in [-0.05, 0) is 32.6 Å². The summed E-state index contributed by atoms with van der Waals surface area (Å²) in [5.74, 6) is 1.36. The van der Waals surface area contributed by atoms with Crippen molar-refractivity contribution in [3.63, 3.8) is 0 Å². The molecule has 2 N–H and O–H groups in total. The Balaban J connectivity index is 1.96. The largest absolute Gasteiger partial charge is 0.388 e. The Hall–Kier alpha value is -1.16. The summed E-state index contributed by atoms with van der Waals surface area (Å²) in [4.78, 5) is 8.70. The maximum absolute atomic E-state index is 10.5. The first-order valence-electron chi connectivity index (χ1n) is 6.75. The van der Waals surface area contributed by atoms with Gasteiger partial charge in [0, 0.05) is 6.54 Å². The quantitative estimate of drug-likeness (QED) is 0.864. The molecule has 0 aliphatic heterocycles. The highest BCUT2D eigenvalue weighted by Crippen LogP contribution is 2.32. The van der Waals surface area contributed by atoms with E-state index in [1.807, 2.05) is 13.8 Å². The van der Waals surface area contributed by atoms with Gasteiger partial charge in [0.15, 0.2) is 0 Å². The van der Waals surface area contributed by atoms with Crippen molar-refractivity contribution in [2.75, 3.05) is 11.9 Å². The number of aromatic nitrogens is 2. The van der Waals surface area contributed by atoms with E-state index in [0.29, 0.717) is 12.5 Å². The van der Waals surface area contributed by atoms with Crippen LogP contribution < -0.4 is 5.32 Å². The summed E-state index contributed by atoms with van der Waals surface area (Å²) < 4.78 is 0. The molecule has 1 aliphatic carbocycles. The molecule has 0 aromatic carbocycles. The van der Waals surface area contributed by atoms with Crippen LogP contribution in [0.25, 0.3) is 0 Å². The molecule has 100 valence electrons. The highest BCUT2D eigenvalue weighted by atomic mass is 16.3. The van der Waals surface area contributed by atoms with Gasteiger partial charge in [0.25, 0.3) is 0 Å². The molecule has 1 saturated carbocycles. The summed E-state index contributed by atoms with van der Waals surface area (Å²) in [5.41, 5.74) is 1.30. The average Bonchev–Trinajstić information content (AvgIpc) is 2.31. The maximum Gasteiger partial charge on any atom is 0.144 e. The van der Waals surface area contributed by atoms with Crippen LogP contribution in [-0.4, -0.2) is 27.2 Å². The summed E-state index contributed by atoms with van der Waals surface area (Å²) in [6.45, 7) is 6.67. The van der Waals surface area contributed by atoms with E-state index in [0.717, 1.165) is 36.5 Å². The second-order valence-corrected chi connectivity index (χ2v) is 5.71. The number of aryl methyl sites for hydroxylation is 2. The summed E-state index contributed by atoms with van der Waals surface area (Å²) in [6, 6.07) is 0. The van der Waals surface area contributed by atoms with Crippen molar-refractivity contribution in [3.8, 4) is 0 Å². The Bertz CT molecular complexity index is 422. The number of nitrogens with one attached hydrogen (secondary N) is 1. The van der Waals surface area contributed by atoms with E-state index >= 15 is 0 Å². The van der Waals surface area contributed by atoms with E-state index < -0.39 is 5.60 Å². The van der Waals surface area contributed by atoms with E-state index in [-0.39, 0.29) is 0 Å². The van der Waals surface area contributed by atoms with Gasteiger partial charge >= 0.3 is 0 Å². The van der Waals surface area contributed by atoms with E-state index in [1.165, 1.54) is 6.42 Å². The number of rotatable bonds is 3. The molecular formula is C14H23N3O. The third kappa shape index (κ3) is 3.19. The van der Waals surface area contributed by atoms with Crippen LogP contribution in [0.1, 0.15) is 44.0 Å². The SMILES string of the molecule is Cc1ncc(NCC2(O)CCCC(C)C2)nc1C. The molecule has 2 unspecified atom stereocenters. The smallest absolute Gasteiger partial charge is 0.144 e. The van der Waals surface area contributed by atoms with Gasteiger partial charge < -0.3 is 10.4 Å².